The van der Waals surface area contributed by atoms with Crippen molar-refractivity contribution in [2.45, 2.75) is 19.3 Å². The minimum absolute atomic E-state index is 0.253. The summed E-state index contributed by atoms with van der Waals surface area (Å²) < 4.78 is 13.7. The van der Waals surface area contributed by atoms with E-state index in [4.69, 9.17) is 5.73 Å². The van der Waals surface area contributed by atoms with Gasteiger partial charge in [-0.25, -0.2) is 4.39 Å². The summed E-state index contributed by atoms with van der Waals surface area (Å²) in [6.07, 6.45) is 0.661. The van der Waals surface area contributed by atoms with E-state index in [9.17, 15) is 9.18 Å². The van der Waals surface area contributed by atoms with Gasteiger partial charge < -0.3 is 5.73 Å². The van der Waals surface area contributed by atoms with Crippen molar-refractivity contribution < 1.29 is 9.18 Å². The predicted octanol–water partition coefficient (Wildman–Crippen LogP) is 3.47. The van der Waals surface area contributed by atoms with Crippen LogP contribution in [0.3, 0.4) is 0 Å². The van der Waals surface area contributed by atoms with Gasteiger partial charge in [0, 0.05) is 5.56 Å². The topological polar surface area (TPSA) is 43.1 Å². The zero-order chi connectivity index (χ0) is 13.8. The lowest BCUT2D eigenvalue weighted by atomic mass is 9.94. The lowest BCUT2D eigenvalue weighted by Crippen LogP contribution is -2.20. The Morgan fingerprint density at radius 1 is 1.16 bits per heavy atom. The van der Waals surface area contributed by atoms with Crippen LogP contribution in [0, 0.1) is 5.82 Å². The first-order chi connectivity index (χ1) is 9.13. The first-order valence-corrected chi connectivity index (χ1v) is 6.27. The molecule has 0 saturated carbocycles. The molecule has 2 rings (SSSR count). The Kier molecular flexibility index (Phi) is 3.95. The molecule has 1 atom stereocenters. The summed E-state index contributed by atoms with van der Waals surface area (Å²) in [4.78, 5) is 11.3. The first kappa shape index (κ1) is 13.3. The van der Waals surface area contributed by atoms with Crippen molar-refractivity contribution in [3.63, 3.8) is 0 Å². The van der Waals surface area contributed by atoms with Gasteiger partial charge >= 0.3 is 0 Å². The van der Waals surface area contributed by atoms with E-state index < -0.39 is 0 Å². The number of primary amides is 1. The molecule has 0 aliphatic carbocycles. The summed E-state index contributed by atoms with van der Waals surface area (Å²) in [5.41, 5.74) is 7.57. The molecule has 0 fully saturated rings. The normalized spacial score (nSPS) is 12.1. The van der Waals surface area contributed by atoms with E-state index in [1.165, 1.54) is 6.07 Å². The van der Waals surface area contributed by atoms with Crippen LogP contribution >= 0.6 is 0 Å². The van der Waals surface area contributed by atoms with Gasteiger partial charge in [-0.05, 0) is 23.6 Å². The fourth-order valence-corrected chi connectivity index (χ4v) is 2.19. The number of carbonyl (C=O) groups is 1. The quantitative estimate of drug-likeness (QED) is 0.895. The smallest absolute Gasteiger partial charge is 0.224 e. The number of halogens is 1. The summed E-state index contributed by atoms with van der Waals surface area (Å²) in [5.74, 6) is -0.868. The molecule has 0 bridgehead atoms. The van der Waals surface area contributed by atoms with Crippen LogP contribution in [-0.4, -0.2) is 5.91 Å². The van der Waals surface area contributed by atoms with Gasteiger partial charge in [-0.3, -0.25) is 4.79 Å². The molecule has 0 aromatic heterocycles. The van der Waals surface area contributed by atoms with E-state index in [1.807, 2.05) is 31.2 Å². The van der Waals surface area contributed by atoms with Gasteiger partial charge in [-0.1, -0.05) is 49.4 Å². The molecule has 2 aromatic carbocycles. The van der Waals surface area contributed by atoms with Crippen molar-refractivity contribution >= 4 is 5.91 Å². The second-order valence-corrected chi connectivity index (χ2v) is 4.47. The maximum Gasteiger partial charge on any atom is 0.224 e. The number of benzene rings is 2. The Bertz CT molecular complexity index is 578. The predicted molar refractivity (Wildman–Crippen MR) is 74.1 cm³/mol. The zero-order valence-electron chi connectivity index (χ0n) is 10.8. The lowest BCUT2D eigenvalue weighted by molar-refractivity contribution is -0.119. The van der Waals surface area contributed by atoms with E-state index in [-0.39, 0.29) is 17.6 Å². The van der Waals surface area contributed by atoms with Crippen molar-refractivity contribution in [1.29, 1.82) is 0 Å². The third-order valence-corrected chi connectivity index (χ3v) is 3.25. The molecular weight excluding hydrogens is 241 g/mol. The molecule has 2 N–H and O–H groups in total. The zero-order valence-corrected chi connectivity index (χ0v) is 10.8. The van der Waals surface area contributed by atoms with Gasteiger partial charge in [0.05, 0.1) is 5.92 Å². The van der Waals surface area contributed by atoms with Crippen LogP contribution in [-0.2, 0) is 4.79 Å². The van der Waals surface area contributed by atoms with Crippen LogP contribution in [0.5, 0.6) is 0 Å². The SMILES string of the molecule is CCC(C(N)=O)c1ccc(-c2ccccc2F)cc1. The Hall–Kier alpha value is -2.16. The molecule has 1 unspecified atom stereocenters. The van der Waals surface area contributed by atoms with Gasteiger partial charge in [0.1, 0.15) is 5.82 Å². The standard InChI is InChI=1S/C16H16FNO/c1-2-13(16(18)19)11-7-9-12(10-8-11)14-5-3-4-6-15(14)17/h3-10,13H,2H2,1H3,(H2,18,19). The highest BCUT2D eigenvalue weighted by Gasteiger charge is 2.15. The molecule has 0 saturated heterocycles. The number of nitrogens with two attached hydrogens (primary N) is 1. The second kappa shape index (κ2) is 5.65. The number of rotatable bonds is 4. The lowest BCUT2D eigenvalue weighted by Gasteiger charge is -2.12. The van der Waals surface area contributed by atoms with Gasteiger partial charge in [0.25, 0.3) is 0 Å². The van der Waals surface area contributed by atoms with E-state index in [0.29, 0.717) is 12.0 Å². The summed E-state index contributed by atoms with van der Waals surface area (Å²) in [6, 6.07) is 13.9. The van der Waals surface area contributed by atoms with Gasteiger partial charge in [-0.15, -0.1) is 0 Å². The molecule has 1 amide bonds. The average Bonchev–Trinajstić information content (AvgIpc) is 2.41. The summed E-state index contributed by atoms with van der Waals surface area (Å²) >= 11 is 0. The molecule has 0 aliphatic heterocycles. The fraction of sp³-hybridized carbons (Fsp3) is 0.188. The molecule has 0 aliphatic rings. The van der Waals surface area contributed by atoms with Crippen molar-refractivity contribution in [3.8, 4) is 11.1 Å². The fourth-order valence-electron chi connectivity index (χ4n) is 2.19. The Balaban J connectivity index is 2.33. The van der Waals surface area contributed by atoms with E-state index in [0.717, 1.165) is 11.1 Å². The number of amides is 1. The molecule has 0 radical (unpaired) electrons. The van der Waals surface area contributed by atoms with Crippen LogP contribution in [0.1, 0.15) is 24.8 Å². The molecule has 2 aromatic rings. The first-order valence-electron chi connectivity index (χ1n) is 6.27. The monoisotopic (exact) mass is 257 g/mol. The number of hydrogen-bond donors (Lipinski definition) is 1. The largest absolute Gasteiger partial charge is 0.369 e. The van der Waals surface area contributed by atoms with Crippen LogP contribution in [0.4, 0.5) is 4.39 Å². The van der Waals surface area contributed by atoms with Gasteiger partial charge in [-0.2, -0.15) is 0 Å². The highest BCUT2D eigenvalue weighted by molar-refractivity contribution is 5.82. The maximum absolute atomic E-state index is 13.7. The van der Waals surface area contributed by atoms with Gasteiger partial charge in [0.15, 0.2) is 0 Å². The maximum atomic E-state index is 13.7. The second-order valence-electron chi connectivity index (χ2n) is 4.47. The molecule has 3 heteroatoms. The third-order valence-electron chi connectivity index (χ3n) is 3.25. The molecule has 2 nitrogen and oxygen atoms in total. The van der Waals surface area contributed by atoms with Crippen molar-refractivity contribution in [2.24, 2.45) is 5.73 Å². The Morgan fingerprint density at radius 3 is 2.32 bits per heavy atom. The highest BCUT2D eigenvalue weighted by Crippen LogP contribution is 2.26. The Labute approximate surface area is 112 Å². The van der Waals surface area contributed by atoms with Crippen LogP contribution in [0.25, 0.3) is 11.1 Å². The van der Waals surface area contributed by atoms with Crippen molar-refractivity contribution in [1.82, 2.24) is 0 Å². The van der Waals surface area contributed by atoms with Crippen molar-refractivity contribution in [2.75, 3.05) is 0 Å². The van der Waals surface area contributed by atoms with Crippen LogP contribution in [0.15, 0.2) is 48.5 Å². The molecule has 19 heavy (non-hydrogen) atoms. The van der Waals surface area contributed by atoms with Crippen molar-refractivity contribution in [3.05, 3.63) is 59.9 Å². The van der Waals surface area contributed by atoms with Crippen LogP contribution < -0.4 is 5.73 Å². The highest BCUT2D eigenvalue weighted by atomic mass is 19.1. The minimum atomic E-state index is -0.332. The summed E-state index contributed by atoms with van der Waals surface area (Å²) in [7, 11) is 0. The minimum Gasteiger partial charge on any atom is -0.369 e. The van der Waals surface area contributed by atoms with E-state index in [2.05, 4.69) is 0 Å². The third kappa shape index (κ3) is 2.81. The van der Waals surface area contributed by atoms with E-state index >= 15 is 0 Å². The Morgan fingerprint density at radius 2 is 1.79 bits per heavy atom. The van der Waals surface area contributed by atoms with Crippen LogP contribution in [0.2, 0.25) is 0 Å². The van der Waals surface area contributed by atoms with Gasteiger partial charge in [0.2, 0.25) is 5.91 Å². The summed E-state index contributed by atoms with van der Waals surface area (Å²) in [6.45, 7) is 1.92. The molecule has 98 valence electrons. The molecular formula is C16H16FNO. The molecule has 0 heterocycles. The van der Waals surface area contributed by atoms with E-state index in [1.54, 1.807) is 18.2 Å². The molecule has 0 spiro atoms. The summed E-state index contributed by atoms with van der Waals surface area (Å²) in [5, 5.41) is 0. The average molecular weight is 257 g/mol. The number of hydrogen-bond acceptors (Lipinski definition) is 1. The number of carbonyl (C=O) groups excluding carboxylic acids is 1.